The molecule has 0 atom stereocenters. The smallest absolute Gasteiger partial charge is 0.248 e. The van der Waals surface area contributed by atoms with Crippen LogP contribution in [0.5, 0.6) is 11.6 Å². The van der Waals surface area contributed by atoms with Gasteiger partial charge in [0, 0.05) is 0 Å². The van der Waals surface area contributed by atoms with Crippen LogP contribution < -0.4 is 4.74 Å². The Bertz CT molecular complexity index is 667. The van der Waals surface area contributed by atoms with Crippen molar-refractivity contribution in [2.75, 3.05) is 0 Å². The highest BCUT2D eigenvalue weighted by Crippen LogP contribution is 2.29. The average Bonchev–Trinajstić information content (AvgIpc) is 2.81. The maximum absolute atomic E-state index is 6.01. The molecule has 0 amide bonds. The van der Waals surface area contributed by atoms with Gasteiger partial charge in [0.25, 0.3) is 0 Å². The van der Waals surface area contributed by atoms with Crippen molar-refractivity contribution in [2.45, 2.75) is 0 Å². The molecule has 0 unspecified atom stereocenters. The zero-order valence-corrected chi connectivity index (χ0v) is 9.35. The molecule has 0 radical (unpaired) electrons. The molecule has 0 aliphatic heterocycles. The number of imidazole rings is 1. The van der Waals surface area contributed by atoms with Crippen molar-refractivity contribution in [3.05, 3.63) is 41.9 Å². The summed E-state index contributed by atoms with van der Waals surface area (Å²) in [7, 11) is 0. The summed E-state index contributed by atoms with van der Waals surface area (Å²) < 4.78 is 5.63. The van der Waals surface area contributed by atoms with Crippen LogP contribution in [0.4, 0.5) is 0 Å². The first-order valence-electron chi connectivity index (χ1n) is 4.91. The largest absolute Gasteiger partial charge is 0.435 e. The van der Waals surface area contributed by atoms with Crippen molar-refractivity contribution in [1.82, 2.24) is 19.9 Å². The van der Waals surface area contributed by atoms with Crippen LogP contribution in [0, 0.1) is 0 Å². The number of aromatic nitrogens is 4. The minimum atomic E-state index is 0.403. The van der Waals surface area contributed by atoms with Crippen molar-refractivity contribution >= 4 is 22.8 Å². The molecule has 0 fully saturated rings. The molecule has 2 aromatic heterocycles. The molecule has 84 valence electrons. The summed E-state index contributed by atoms with van der Waals surface area (Å²) in [5.41, 5.74) is 1.20. The lowest BCUT2D eigenvalue weighted by Crippen LogP contribution is -1.91. The minimum absolute atomic E-state index is 0.403. The van der Waals surface area contributed by atoms with E-state index in [4.69, 9.17) is 16.3 Å². The van der Waals surface area contributed by atoms with Crippen LogP contribution in [0.1, 0.15) is 0 Å². The molecule has 17 heavy (non-hydrogen) atoms. The van der Waals surface area contributed by atoms with Gasteiger partial charge in [0.1, 0.15) is 17.6 Å². The number of fused-ring (bicyclic) bond motifs is 1. The SMILES string of the molecule is Clc1ccccc1Oc1ncnc2nc[nH]c12. The number of H-pyrrole nitrogens is 1. The van der Waals surface area contributed by atoms with Crippen molar-refractivity contribution in [3.63, 3.8) is 0 Å². The molecule has 0 saturated heterocycles. The molecule has 0 aliphatic carbocycles. The van der Waals surface area contributed by atoms with Crippen LogP contribution in [-0.2, 0) is 0 Å². The van der Waals surface area contributed by atoms with E-state index in [1.54, 1.807) is 18.5 Å². The summed E-state index contributed by atoms with van der Waals surface area (Å²) in [4.78, 5) is 15.0. The highest BCUT2D eigenvalue weighted by molar-refractivity contribution is 6.32. The van der Waals surface area contributed by atoms with Gasteiger partial charge in [0.2, 0.25) is 5.88 Å². The monoisotopic (exact) mass is 246 g/mol. The van der Waals surface area contributed by atoms with Gasteiger partial charge in [-0.25, -0.2) is 9.97 Å². The van der Waals surface area contributed by atoms with E-state index in [9.17, 15) is 0 Å². The Kier molecular flexibility index (Phi) is 2.38. The van der Waals surface area contributed by atoms with E-state index < -0.39 is 0 Å². The van der Waals surface area contributed by atoms with Crippen LogP contribution in [0.25, 0.3) is 11.2 Å². The Hall–Kier alpha value is -2.14. The molecule has 2 heterocycles. The quantitative estimate of drug-likeness (QED) is 0.755. The molecule has 1 aromatic carbocycles. The van der Waals surface area contributed by atoms with Crippen LogP contribution in [-0.4, -0.2) is 19.9 Å². The third-order valence-corrected chi connectivity index (χ3v) is 2.54. The number of ether oxygens (including phenoxy) is 1. The maximum atomic E-state index is 6.01. The summed E-state index contributed by atoms with van der Waals surface area (Å²) in [5, 5.41) is 0.527. The molecule has 3 rings (SSSR count). The topological polar surface area (TPSA) is 63.7 Å². The molecule has 0 bridgehead atoms. The second-order valence-corrected chi connectivity index (χ2v) is 3.72. The van der Waals surface area contributed by atoms with E-state index in [0.717, 1.165) is 0 Å². The van der Waals surface area contributed by atoms with Crippen molar-refractivity contribution in [3.8, 4) is 11.6 Å². The lowest BCUT2D eigenvalue weighted by Gasteiger charge is -2.05. The Morgan fingerprint density at radius 2 is 2.00 bits per heavy atom. The summed E-state index contributed by atoms with van der Waals surface area (Å²) in [6.07, 6.45) is 2.94. The number of hydrogen-bond donors (Lipinski definition) is 1. The standard InChI is InChI=1S/C11H7ClN4O/c12-7-3-1-2-4-8(7)17-11-9-10(14-5-13-9)15-6-16-11/h1-6H,(H,13,14,15,16). The third-order valence-electron chi connectivity index (χ3n) is 2.23. The second kappa shape index (κ2) is 4.03. The summed E-state index contributed by atoms with van der Waals surface area (Å²) in [5.74, 6) is 0.948. The molecule has 0 spiro atoms. The molecule has 0 saturated carbocycles. The zero-order valence-electron chi connectivity index (χ0n) is 8.59. The molecule has 0 aliphatic rings. The second-order valence-electron chi connectivity index (χ2n) is 3.31. The number of halogens is 1. The summed E-state index contributed by atoms with van der Waals surface area (Å²) >= 11 is 6.01. The van der Waals surface area contributed by atoms with Gasteiger partial charge in [-0.3, -0.25) is 0 Å². The number of nitrogens with one attached hydrogen (secondary N) is 1. The Labute approximate surface area is 101 Å². The number of aromatic amines is 1. The van der Waals surface area contributed by atoms with Crippen molar-refractivity contribution in [2.24, 2.45) is 0 Å². The number of para-hydroxylation sites is 1. The van der Waals surface area contributed by atoms with Crippen molar-refractivity contribution in [1.29, 1.82) is 0 Å². The molecular weight excluding hydrogens is 240 g/mol. The molecule has 6 heteroatoms. The predicted molar refractivity (Wildman–Crippen MR) is 63.2 cm³/mol. The van der Waals surface area contributed by atoms with Crippen LogP contribution >= 0.6 is 11.6 Å². The minimum Gasteiger partial charge on any atom is -0.435 e. The van der Waals surface area contributed by atoms with Gasteiger partial charge in [-0.05, 0) is 12.1 Å². The van der Waals surface area contributed by atoms with Gasteiger partial charge in [-0.1, -0.05) is 23.7 Å². The van der Waals surface area contributed by atoms with E-state index in [2.05, 4.69) is 19.9 Å². The van der Waals surface area contributed by atoms with Gasteiger partial charge >= 0.3 is 0 Å². The van der Waals surface area contributed by atoms with Gasteiger partial charge in [0.05, 0.1) is 11.3 Å². The number of rotatable bonds is 2. The third kappa shape index (κ3) is 1.81. The van der Waals surface area contributed by atoms with E-state index in [-0.39, 0.29) is 0 Å². The fourth-order valence-electron chi connectivity index (χ4n) is 1.45. The van der Waals surface area contributed by atoms with Crippen LogP contribution in [0.2, 0.25) is 5.02 Å². The Balaban J connectivity index is 2.06. The van der Waals surface area contributed by atoms with Gasteiger partial charge in [-0.2, -0.15) is 4.98 Å². The summed E-state index contributed by atoms with van der Waals surface area (Å²) in [6.45, 7) is 0. The highest BCUT2D eigenvalue weighted by atomic mass is 35.5. The van der Waals surface area contributed by atoms with E-state index in [1.165, 1.54) is 6.33 Å². The fourth-order valence-corrected chi connectivity index (χ4v) is 1.63. The van der Waals surface area contributed by atoms with Gasteiger partial charge in [0.15, 0.2) is 5.65 Å². The number of nitrogens with zero attached hydrogens (tertiary/aromatic N) is 3. The van der Waals surface area contributed by atoms with Crippen molar-refractivity contribution < 1.29 is 4.74 Å². The normalized spacial score (nSPS) is 10.6. The Morgan fingerprint density at radius 3 is 2.88 bits per heavy atom. The first kappa shape index (κ1) is 10.0. The molecule has 1 N–H and O–H groups in total. The first-order valence-corrected chi connectivity index (χ1v) is 5.29. The van der Waals surface area contributed by atoms with E-state index >= 15 is 0 Å². The molecular formula is C11H7ClN4O. The van der Waals surface area contributed by atoms with Gasteiger partial charge < -0.3 is 9.72 Å². The fraction of sp³-hybridized carbons (Fsp3) is 0. The zero-order chi connectivity index (χ0) is 11.7. The molecule has 5 nitrogen and oxygen atoms in total. The number of hydrogen-bond acceptors (Lipinski definition) is 4. The molecule has 3 aromatic rings. The summed E-state index contributed by atoms with van der Waals surface area (Å²) in [6, 6.07) is 7.20. The first-order chi connectivity index (χ1) is 8.34. The highest BCUT2D eigenvalue weighted by Gasteiger charge is 2.09. The van der Waals surface area contributed by atoms with Crippen LogP contribution in [0.15, 0.2) is 36.9 Å². The van der Waals surface area contributed by atoms with E-state index in [0.29, 0.717) is 27.8 Å². The average molecular weight is 247 g/mol. The lowest BCUT2D eigenvalue weighted by molar-refractivity contribution is 0.467. The van der Waals surface area contributed by atoms with Crippen LogP contribution in [0.3, 0.4) is 0 Å². The lowest BCUT2D eigenvalue weighted by atomic mass is 10.3. The van der Waals surface area contributed by atoms with Gasteiger partial charge in [-0.15, -0.1) is 0 Å². The maximum Gasteiger partial charge on any atom is 0.248 e. The predicted octanol–water partition coefficient (Wildman–Crippen LogP) is 2.80. The van der Waals surface area contributed by atoms with E-state index in [1.807, 2.05) is 12.1 Å². The number of benzene rings is 1. The Morgan fingerprint density at radius 1 is 1.12 bits per heavy atom.